The van der Waals surface area contributed by atoms with Gasteiger partial charge in [0.15, 0.2) is 5.16 Å². The van der Waals surface area contributed by atoms with Gasteiger partial charge in [-0.05, 0) is 36.0 Å². The van der Waals surface area contributed by atoms with Crippen LogP contribution in [0.2, 0.25) is 0 Å². The van der Waals surface area contributed by atoms with Crippen molar-refractivity contribution >= 4 is 28.4 Å². The van der Waals surface area contributed by atoms with E-state index in [2.05, 4.69) is 15.2 Å². The average Bonchev–Trinajstić information content (AvgIpc) is 2.75. The third kappa shape index (κ3) is 2.02. The van der Waals surface area contributed by atoms with Gasteiger partial charge < -0.3 is 10.3 Å². The number of nitrogen functional groups attached to an aromatic ring is 1. The smallest absolute Gasteiger partial charge is 0.197 e. The van der Waals surface area contributed by atoms with Crippen LogP contribution in [0.25, 0.3) is 10.9 Å². The molecular formula is C12H11N5S. The molecule has 18 heavy (non-hydrogen) atoms. The minimum absolute atomic E-state index is 0.748. The van der Waals surface area contributed by atoms with E-state index in [4.69, 9.17) is 5.73 Å². The number of hydrogen-bond acceptors (Lipinski definition) is 5. The summed E-state index contributed by atoms with van der Waals surface area (Å²) >= 11 is 1.49. The van der Waals surface area contributed by atoms with Crippen LogP contribution in [0.1, 0.15) is 0 Å². The zero-order valence-corrected chi connectivity index (χ0v) is 10.6. The summed E-state index contributed by atoms with van der Waals surface area (Å²) in [6.07, 6.45) is 1.67. The van der Waals surface area contributed by atoms with Crippen LogP contribution in [0.4, 0.5) is 5.69 Å². The minimum atomic E-state index is 0.748. The zero-order valence-electron chi connectivity index (χ0n) is 9.74. The molecule has 0 unspecified atom stereocenters. The van der Waals surface area contributed by atoms with E-state index in [9.17, 15) is 0 Å². The molecule has 3 rings (SSSR count). The summed E-state index contributed by atoms with van der Waals surface area (Å²) in [6.45, 7) is 0. The first-order chi connectivity index (χ1) is 8.72. The van der Waals surface area contributed by atoms with E-state index in [1.54, 1.807) is 6.33 Å². The number of anilines is 1. The van der Waals surface area contributed by atoms with E-state index in [1.165, 1.54) is 11.8 Å². The largest absolute Gasteiger partial charge is 0.399 e. The summed E-state index contributed by atoms with van der Waals surface area (Å²) < 4.78 is 1.86. The van der Waals surface area contributed by atoms with Crippen LogP contribution in [-0.4, -0.2) is 19.7 Å². The molecule has 90 valence electrons. The van der Waals surface area contributed by atoms with Crippen LogP contribution < -0.4 is 5.73 Å². The van der Waals surface area contributed by atoms with Crippen molar-refractivity contribution in [2.45, 2.75) is 10.2 Å². The molecule has 2 heterocycles. The van der Waals surface area contributed by atoms with Crippen LogP contribution in [-0.2, 0) is 7.05 Å². The maximum atomic E-state index is 5.74. The molecule has 0 aliphatic carbocycles. The van der Waals surface area contributed by atoms with Crippen molar-refractivity contribution in [2.24, 2.45) is 7.05 Å². The second-order valence-corrected chi connectivity index (χ2v) is 4.92. The van der Waals surface area contributed by atoms with Gasteiger partial charge in [-0.15, -0.1) is 10.2 Å². The number of benzene rings is 1. The van der Waals surface area contributed by atoms with Gasteiger partial charge in [-0.1, -0.05) is 6.07 Å². The van der Waals surface area contributed by atoms with E-state index >= 15 is 0 Å². The van der Waals surface area contributed by atoms with Crippen LogP contribution in [0.5, 0.6) is 0 Å². The fraction of sp³-hybridized carbons (Fsp3) is 0.0833. The van der Waals surface area contributed by atoms with Crippen molar-refractivity contribution in [1.29, 1.82) is 0 Å². The molecule has 1 aromatic carbocycles. The SMILES string of the molecule is Cn1cnnc1Sc1ccc2cc(N)ccc2n1. The monoisotopic (exact) mass is 257 g/mol. The zero-order chi connectivity index (χ0) is 12.5. The van der Waals surface area contributed by atoms with Gasteiger partial charge in [0.25, 0.3) is 0 Å². The molecule has 2 N–H and O–H groups in total. The highest BCUT2D eigenvalue weighted by molar-refractivity contribution is 7.99. The van der Waals surface area contributed by atoms with Crippen molar-refractivity contribution in [3.8, 4) is 0 Å². The Morgan fingerprint density at radius 3 is 2.89 bits per heavy atom. The van der Waals surface area contributed by atoms with E-state index in [-0.39, 0.29) is 0 Å². The standard InChI is InChI=1S/C12H11N5S/c1-17-7-14-16-12(17)18-11-5-2-8-6-9(13)3-4-10(8)15-11/h2-7H,13H2,1H3. The topological polar surface area (TPSA) is 69.6 Å². The first kappa shape index (κ1) is 11.0. The molecule has 0 radical (unpaired) electrons. The van der Waals surface area contributed by atoms with E-state index < -0.39 is 0 Å². The number of fused-ring (bicyclic) bond motifs is 1. The lowest BCUT2D eigenvalue weighted by Crippen LogP contribution is -1.90. The molecule has 0 bridgehead atoms. The van der Waals surface area contributed by atoms with Gasteiger partial charge in [-0.3, -0.25) is 0 Å². The molecule has 0 atom stereocenters. The molecule has 0 amide bonds. The van der Waals surface area contributed by atoms with Crippen LogP contribution >= 0.6 is 11.8 Å². The summed E-state index contributed by atoms with van der Waals surface area (Å²) in [6, 6.07) is 9.66. The van der Waals surface area contributed by atoms with Crippen molar-refractivity contribution in [1.82, 2.24) is 19.7 Å². The summed E-state index contributed by atoms with van der Waals surface area (Å²) in [5.41, 5.74) is 7.41. The van der Waals surface area contributed by atoms with Gasteiger partial charge >= 0.3 is 0 Å². The second-order valence-electron chi connectivity index (χ2n) is 3.93. The van der Waals surface area contributed by atoms with Crippen LogP contribution in [0, 0.1) is 0 Å². The summed E-state index contributed by atoms with van der Waals surface area (Å²) in [4.78, 5) is 4.56. The molecule has 2 aromatic heterocycles. The second kappa shape index (κ2) is 4.30. The Labute approximate surface area is 108 Å². The molecule has 0 fully saturated rings. The van der Waals surface area contributed by atoms with Gasteiger partial charge in [-0.2, -0.15) is 0 Å². The molecular weight excluding hydrogens is 246 g/mol. The predicted octanol–water partition coefficient (Wildman–Crippen LogP) is 2.10. The Hall–Kier alpha value is -2.08. The molecule has 6 heteroatoms. The molecule has 0 saturated carbocycles. The summed E-state index contributed by atoms with van der Waals surface area (Å²) in [7, 11) is 1.91. The highest BCUT2D eigenvalue weighted by Crippen LogP contribution is 2.26. The predicted molar refractivity (Wildman–Crippen MR) is 71.3 cm³/mol. The first-order valence-corrected chi connectivity index (χ1v) is 6.22. The number of rotatable bonds is 2. The minimum Gasteiger partial charge on any atom is -0.399 e. The number of nitrogens with zero attached hydrogens (tertiary/aromatic N) is 4. The fourth-order valence-electron chi connectivity index (χ4n) is 1.64. The molecule has 0 aliphatic heterocycles. The van der Waals surface area contributed by atoms with Crippen molar-refractivity contribution in [3.63, 3.8) is 0 Å². The first-order valence-electron chi connectivity index (χ1n) is 5.40. The number of nitrogens with two attached hydrogens (primary N) is 1. The Balaban J connectivity index is 1.99. The Bertz CT molecular complexity index is 707. The van der Waals surface area contributed by atoms with Gasteiger partial charge in [-0.25, -0.2) is 4.98 Å². The third-order valence-electron chi connectivity index (χ3n) is 2.55. The molecule has 0 saturated heterocycles. The fourth-order valence-corrected chi connectivity index (χ4v) is 2.39. The van der Waals surface area contributed by atoms with E-state index in [0.717, 1.165) is 26.8 Å². The van der Waals surface area contributed by atoms with Crippen molar-refractivity contribution in [2.75, 3.05) is 5.73 Å². The Morgan fingerprint density at radius 1 is 1.22 bits per heavy atom. The third-order valence-corrected chi connectivity index (χ3v) is 3.54. The van der Waals surface area contributed by atoms with Crippen molar-refractivity contribution in [3.05, 3.63) is 36.7 Å². The van der Waals surface area contributed by atoms with Gasteiger partial charge in [0.2, 0.25) is 0 Å². The van der Waals surface area contributed by atoms with Crippen LogP contribution in [0.15, 0.2) is 46.8 Å². The van der Waals surface area contributed by atoms with Crippen LogP contribution in [0.3, 0.4) is 0 Å². The molecule has 5 nitrogen and oxygen atoms in total. The molecule has 0 spiro atoms. The highest BCUT2D eigenvalue weighted by Gasteiger charge is 2.05. The Morgan fingerprint density at radius 2 is 2.11 bits per heavy atom. The lowest BCUT2D eigenvalue weighted by Gasteiger charge is -2.03. The molecule has 0 aliphatic rings. The summed E-state index contributed by atoms with van der Waals surface area (Å²) in [5, 5.41) is 10.6. The number of aryl methyl sites for hydroxylation is 1. The summed E-state index contributed by atoms with van der Waals surface area (Å²) in [5.74, 6) is 0. The number of aromatic nitrogens is 4. The maximum absolute atomic E-state index is 5.74. The molecule has 3 aromatic rings. The van der Waals surface area contributed by atoms with Gasteiger partial charge in [0.1, 0.15) is 11.4 Å². The van der Waals surface area contributed by atoms with Crippen molar-refractivity contribution < 1.29 is 0 Å². The highest BCUT2D eigenvalue weighted by atomic mass is 32.2. The lowest BCUT2D eigenvalue weighted by atomic mass is 10.2. The quantitative estimate of drug-likeness (QED) is 0.712. The van der Waals surface area contributed by atoms with Gasteiger partial charge in [0.05, 0.1) is 5.52 Å². The number of hydrogen-bond donors (Lipinski definition) is 1. The normalized spacial score (nSPS) is 10.9. The average molecular weight is 257 g/mol. The lowest BCUT2D eigenvalue weighted by molar-refractivity contribution is 0.787. The van der Waals surface area contributed by atoms with E-state index in [1.807, 2.05) is 41.9 Å². The maximum Gasteiger partial charge on any atom is 0.197 e. The Kier molecular flexibility index (Phi) is 2.64. The van der Waals surface area contributed by atoms with Gasteiger partial charge in [0, 0.05) is 18.1 Å². The van der Waals surface area contributed by atoms with E-state index in [0.29, 0.717) is 0 Å². The number of pyridine rings is 1.